The predicted molar refractivity (Wildman–Crippen MR) is 90.4 cm³/mol. The van der Waals surface area contributed by atoms with E-state index in [4.69, 9.17) is 9.47 Å². The molecule has 2 aromatic rings. The molecular formula is C18H19NO4S. The molecule has 2 aliphatic heterocycles. The van der Waals surface area contributed by atoms with Crippen molar-refractivity contribution >= 4 is 17.4 Å². The van der Waals surface area contributed by atoms with Crippen LogP contribution in [0.25, 0.3) is 0 Å². The van der Waals surface area contributed by atoms with Crippen LogP contribution in [0.4, 0.5) is 4.79 Å². The third-order valence-corrected chi connectivity index (χ3v) is 5.74. The Morgan fingerprint density at radius 2 is 2.00 bits per heavy atom. The zero-order valence-corrected chi connectivity index (χ0v) is 14.2. The van der Waals surface area contributed by atoms with Gasteiger partial charge in [-0.1, -0.05) is 24.3 Å². The molecule has 5 nitrogen and oxygen atoms in total. The zero-order chi connectivity index (χ0) is 16.7. The minimum atomic E-state index is -0.880. The second-order valence-corrected chi connectivity index (χ2v) is 7.35. The Kier molecular flexibility index (Phi) is 4.04. The fraction of sp³-hybridized carbons (Fsp3) is 0.389. The number of carbonyl (C=O) groups is 1. The normalized spacial score (nSPS) is 21.0. The maximum atomic E-state index is 11.8. The molecule has 1 atom stereocenters. The highest BCUT2D eigenvalue weighted by Crippen LogP contribution is 2.41. The van der Waals surface area contributed by atoms with Gasteiger partial charge in [-0.05, 0) is 36.1 Å². The average molecular weight is 345 g/mol. The van der Waals surface area contributed by atoms with Gasteiger partial charge in [-0.3, -0.25) is 4.90 Å². The number of carboxylic acid groups (broad SMARTS) is 1. The molecule has 1 saturated heterocycles. The smallest absolute Gasteiger partial charge is 0.408 e. The van der Waals surface area contributed by atoms with Crippen molar-refractivity contribution in [1.82, 2.24) is 4.90 Å². The molecule has 4 rings (SSSR count). The van der Waals surface area contributed by atoms with Gasteiger partial charge < -0.3 is 14.6 Å². The summed E-state index contributed by atoms with van der Waals surface area (Å²) >= 11 is 1.62. The third kappa shape index (κ3) is 2.60. The number of rotatable bonds is 2. The summed E-state index contributed by atoms with van der Waals surface area (Å²) in [5, 5.41) is 9.68. The van der Waals surface area contributed by atoms with Crippen LogP contribution < -0.4 is 0 Å². The lowest BCUT2D eigenvalue weighted by atomic mass is 9.88. The van der Waals surface area contributed by atoms with Crippen LogP contribution in [0.1, 0.15) is 38.8 Å². The van der Waals surface area contributed by atoms with E-state index in [1.165, 1.54) is 10.5 Å². The van der Waals surface area contributed by atoms with Gasteiger partial charge in [0, 0.05) is 11.4 Å². The fourth-order valence-corrected chi connectivity index (χ4v) is 4.60. The lowest BCUT2D eigenvalue weighted by Gasteiger charge is -2.35. The summed E-state index contributed by atoms with van der Waals surface area (Å²) in [4.78, 5) is 15.5. The number of nitrogens with zero attached hydrogens (tertiary/aromatic N) is 1. The second-order valence-electron chi connectivity index (χ2n) is 6.06. The molecule has 1 aromatic heterocycles. The summed E-state index contributed by atoms with van der Waals surface area (Å²) in [5.74, 6) is 0. The van der Waals surface area contributed by atoms with Crippen LogP contribution in [0.15, 0.2) is 30.3 Å². The van der Waals surface area contributed by atoms with Gasteiger partial charge in [0.2, 0.25) is 0 Å². The van der Waals surface area contributed by atoms with Crippen LogP contribution in [0.2, 0.25) is 0 Å². The molecule has 1 fully saturated rings. The quantitative estimate of drug-likeness (QED) is 0.901. The van der Waals surface area contributed by atoms with E-state index < -0.39 is 6.09 Å². The zero-order valence-electron chi connectivity index (χ0n) is 13.4. The monoisotopic (exact) mass is 345 g/mol. The first-order valence-corrected chi connectivity index (χ1v) is 8.87. The van der Waals surface area contributed by atoms with Gasteiger partial charge in [-0.25, -0.2) is 4.79 Å². The van der Waals surface area contributed by atoms with E-state index in [1.807, 2.05) is 25.1 Å². The van der Waals surface area contributed by atoms with Gasteiger partial charge in [-0.2, -0.15) is 0 Å². The van der Waals surface area contributed by atoms with Crippen LogP contribution in [0.5, 0.6) is 0 Å². The largest absolute Gasteiger partial charge is 0.465 e. The summed E-state index contributed by atoms with van der Waals surface area (Å²) in [7, 11) is 0. The molecule has 0 aliphatic carbocycles. The number of amides is 1. The molecular weight excluding hydrogens is 326 g/mol. The lowest BCUT2D eigenvalue weighted by molar-refractivity contribution is -0.0413. The van der Waals surface area contributed by atoms with Crippen LogP contribution in [-0.4, -0.2) is 35.9 Å². The number of ether oxygens (including phenoxy) is 2. The predicted octanol–water partition coefficient (Wildman–Crippen LogP) is 3.73. The van der Waals surface area contributed by atoms with Crippen molar-refractivity contribution in [1.29, 1.82) is 0 Å². The first-order chi connectivity index (χ1) is 11.6. The summed E-state index contributed by atoms with van der Waals surface area (Å²) < 4.78 is 11.2. The molecule has 1 amide bonds. The Morgan fingerprint density at radius 1 is 1.25 bits per heavy atom. The third-order valence-electron chi connectivity index (χ3n) is 4.65. The second kappa shape index (κ2) is 6.20. The SMILES string of the molecule is Cc1sc(C2OCCO2)cc1C1c2ccccc2CCN1C(=O)O. The van der Waals surface area contributed by atoms with E-state index in [0.29, 0.717) is 19.8 Å². The number of hydrogen-bond donors (Lipinski definition) is 1. The molecule has 1 unspecified atom stereocenters. The molecule has 24 heavy (non-hydrogen) atoms. The highest BCUT2D eigenvalue weighted by molar-refractivity contribution is 7.12. The van der Waals surface area contributed by atoms with Crippen LogP contribution >= 0.6 is 11.3 Å². The minimum Gasteiger partial charge on any atom is -0.465 e. The van der Waals surface area contributed by atoms with Crippen LogP contribution in [0, 0.1) is 6.92 Å². The van der Waals surface area contributed by atoms with Gasteiger partial charge in [0.25, 0.3) is 0 Å². The summed E-state index contributed by atoms with van der Waals surface area (Å²) in [6, 6.07) is 9.90. The van der Waals surface area contributed by atoms with Gasteiger partial charge in [-0.15, -0.1) is 11.3 Å². The van der Waals surface area contributed by atoms with E-state index in [-0.39, 0.29) is 12.3 Å². The standard InChI is InChI=1S/C18H19NO4S/c1-11-14(10-15(24-11)17-22-8-9-23-17)16-13-5-3-2-4-12(13)6-7-19(16)18(20)21/h2-5,10,16-17H,6-9H2,1H3,(H,20,21). The maximum absolute atomic E-state index is 11.8. The highest BCUT2D eigenvalue weighted by Gasteiger charge is 2.34. The molecule has 6 heteroatoms. The van der Waals surface area contributed by atoms with Crippen molar-refractivity contribution in [3.63, 3.8) is 0 Å². The van der Waals surface area contributed by atoms with Gasteiger partial charge >= 0.3 is 6.09 Å². The number of benzene rings is 1. The summed E-state index contributed by atoms with van der Waals surface area (Å²) in [6.45, 7) is 3.75. The molecule has 1 N–H and O–H groups in total. The summed E-state index contributed by atoms with van der Waals surface area (Å²) in [6.07, 6.45) is -0.446. The van der Waals surface area contributed by atoms with E-state index in [0.717, 1.165) is 27.3 Å². The van der Waals surface area contributed by atoms with E-state index in [9.17, 15) is 9.90 Å². The average Bonchev–Trinajstić information content (AvgIpc) is 3.23. The Hall–Kier alpha value is -1.89. The minimum absolute atomic E-state index is 0.265. The molecule has 3 heterocycles. The van der Waals surface area contributed by atoms with Crippen molar-refractivity contribution in [2.75, 3.05) is 19.8 Å². The van der Waals surface area contributed by atoms with Gasteiger partial charge in [0.05, 0.1) is 24.1 Å². The molecule has 0 bridgehead atoms. The van der Waals surface area contributed by atoms with Crippen molar-refractivity contribution in [2.24, 2.45) is 0 Å². The Labute approximate surface area is 144 Å². The van der Waals surface area contributed by atoms with Crippen molar-refractivity contribution < 1.29 is 19.4 Å². The first-order valence-electron chi connectivity index (χ1n) is 8.06. The maximum Gasteiger partial charge on any atom is 0.408 e. The molecule has 2 aliphatic rings. The Bertz CT molecular complexity index is 766. The van der Waals surface area contributed by atoms with Crippen molar-refractivity contribution in [3.8, 4) is 0 Å². The van der Waals surface area contributed by atoms with Gasteiger partial charge in [0.15, 0.2) is 6.29 Å². The van der Waals surface area contributed by atoms with Crippen LogP contribution in [0.3, 0.4) is 0 Å². The van der Waals surface area contributed by atoms with Crippen molar-refractivity contribution in [3.05, 3.63) is 56.8 Å². The van der Waals surface area contributed by atoms with Crippen molar-refractivity contribution in [2.45, 2.75) is 25.7 Å². The fourth-order valence-electron chi connectivity index (χ4n) is 3.54. The summed E-state index contributed by atoms with van der Waals surface area (Å²) in [5.41, 5.74) is 3.33. The van der Waals surface area contributed by atoms with E-state index in [1.54, 1.807) is 11.3 Å². The lowest BCUT2D eigenvalue weighted by Crippen LogP contribution is -2.39. The number of fused-ring (bicyclic) bond motifs is 1. The highest BCUT2D eigenvalue weighted by atomic mass is 32.1. The Morgan fingerprint density at radius 3 is 2.75 bits per heavy atom. The number of thiophene rings is 1. The topological polar surface area (TPSA) is 59.0 Å². The molecule has 0 radical (unpaired) electrons. The Balaban J connectivity index is 1.79. The molecule has 0 spiro atoms. The van der Waals surface area contributed by atoms with Crippen LogP contribution in [-0.2, 0) is 15.9 Å². The first kappa shape index (κ1) is 15.6. The molecule has 126 valence electrons. The number of hydrogen-bond acceptors (Lipinski definition) is 4. The van der Waals surface area contributed by atoms with E-state index >= 15 is 0 Å². The molecule has 0 saturated carbocycles. The number of aryl methyl sites for hydroxylation is 1. The van der Waals surface area contributed by atoms with Gasteiger partial charge in [0.1, 0.15) is 0 Å². The molecule has 1 aromatic carbocycles. The van der Waals surface area contributed by atoms with E-state index in [2.05, 4.69) is 12.1 Å².